The maximum Gasteiger partial charge on any atom is 0.183 e. The lowest BCUT2D eigenvalue weighted by Gasteiger charge is -2.33. The van der Waals surface area contributed by atoms with Gasteiger partial charge in [0.25, 0.3) is 0 Å². The molecule has 1 heterocycles. The van der Waals surface area contributed by atoms with E-state index in [0.29, 0.717) is 0 Å². The Labute approximate surface area is 172 Å². The molecule has 0 aliphatic carbocycles. The fourth-order valence-corrected chi connectivity index (χ4v) is 4.60. The predicted octanol–water partition coefficient (Wildman–Crippen LogP) is 7.85. The van der Waals surface area contributed by atoms with E-state index in [4.69, 9.17) is 4.74 Å². The van der Waals surface area contributed by atoms with Crippen LogP contribution in [0.5, 0.6) is 0 Å². The van der Waals surface area contributed by atoms with Crippen molar-refractivity contribution in [1.82, 2.24) is 0 Å². The van der Waals surface area contributed by atoms with Gasteiger partial charge in [0.1, 0.15) is 0 Å². The van der Waals surface area contributed by atoms with Crippen LogP contribution in [0.4, 0.5) is 0 Å². The Hall–Kier alpha value is -0.0800. The van der Waals surface area contributed by atoms with Crippen molar-refractivity contribution >= 4 is 0 Å². The molecule has 27 heavy (non-hydrogen) atoms. The number of nitrogens with zero attached hydrogens (tertiary/aromatic N) is 1. The third-order valence-electron chi connectivity index (χ3n) is 6.51. The molecule has 0 spiro atoms. The van der Waals surface area contributed by atoms with E-state index in [9.17, 15) is 0 Å². The smallest absolute Gasteiger partial charge is 0.183 e. The number of ether oxygens (including phenoxy) is 1. The largest absolute Gasteiger partial charge is 0.332 e. The Morgan fingerprint density at radius 3 is 1.52 bits per heavy atom. The van der Waals surface area contributed by atoms with E-state index < -0.39 is 0 Å². The van der Waals surface area contributed by atoms with Crippen LogP contribution in [0.25, 0.3) is 0 Å². The topological polar surface area (TPSA) is 9.23 Å². The molecule has 0 aromatic carbocycles. The second-order valence-corrected chi connectivity index (χ2v) is 9.21. The van der Waals surface area contributed by atoms with Crippen molar-refractivity contribution in [3.63, 3.8) is 0 Å². The molecule has 0 bridgehead atoms. The highest BCUT2D eigenvalue weighted by Gasteiger charge is 2.31. The number of unbranched alkanes of at least 4 members (excludes halogenated alkanes) is 14. The monoisotopic (exact) mass is 382 g/mol. The third-order valence-corrected chi connectivity index (χ3v) is 6.51. The summed E-state index contributed by atoms with van der Waals surface area (Å²) in [6.45, 7) is 10.7. The van der Waals surface area contributed by atoms with Crippen LogP contribution < -0.4 is 0 Å². The van der Waals surface area contributed by atoms with Gasteiger partial charge in [0.15, 0.2) is 6.73 Å². The minimum Gasteiger partial charge on any atom is -0.332 e. The average molecular weight is 383 g/mol. The molecule has 0 aromatic rings. The van der Waals surface area contributed by atoms with Crippen molar-refractivity contribution in [3.8, 4) is 0 Å². The van der Waals surface area contributed by atoms with Gasteiger partial charge in [-0.1, -0.05) is 97.3 Å². The highest BCUT2D eigenvalue weighted by Crippen LogP contribution is 2.21. The predicted molar refractivity (Wildman–Crippen MR) is 120 cm³/mol. The fourth-order valence-electron chi connectivity index (χ4n) is 4.60. The molecule has 0 atom stereocenters. The molecule has 1 saturated heterocycles. The summed E-state index contributed by atoms with van der Waals surface area (Å²) >= 11 is 0. The summed E-state index contributed by atoms with van der Waals surface area (Å²) in [5, 5.41) is 0. The van der Waals surface area contributed by atoms with Gasteiger partial charge in [-0.2, -0.15) is 0 Å². The highest BCUT2D eigenvalue weighted by molar-refractivity contribution is 4.55. The SMILES string of the molecule is CCCCCCCCCCOC[N+]1(CCCCCCCCCC)CCCC1. The van der Waals surface area contributed by atoms with Crippen molar-refractivity contribution in [2.45, 2.75) is 129 Å². The molecule has 0 unspecified atom stereocenters. The van der Waals surface area contributed by atoms with Crippen LogP contribution in [0.3, 0.4) is 0 Å². The molecule has 0 N–H and O–H groups in total. The summed E-state index contributed by atoms with van der Waals surface area (Å²) in [4.78, 5) is 0. The molecule has 0 saturated carbocycles. The maximum atomic E-state index is 6.16. The molecular formula is C25H52NO+. The number of rotatable bonds is 20. The first-order chi connectivity index (χ1) is 13.3. The Kier molecular flexibility index (Phi) is 16.6. The molecule has 1 rings (SSSR count). The Morgan fingerprint density at radius 2 is 1.00 bits per heavy atom. The quantitative estimate of drug-likeness (QED) is 0.154. The van der Waals surface area contributed by atoms with Gasteiger partial charge in [-0.3, -0.25) is 0 Å². The lowest BCUT2D eigenvalue weighted by molar-refractivity contribution is -0.935. The van der Waals surface area contributed by atoms with Crippen LogP contribution in [0.2, 0.25) is 0 Å². The zero-order valence-corrected chi connectivity index (χ0v) is 19.1. The van der Waals surface area contributed by atoms with Gasteiger partial charge in [-0.05, 0) is 19.3 Å². The van der Waals surface area contributed by atoms with Crippen molar-refractivity contribution in [1.29, 1.82) is 0 Å². The van der Waals surface area contributed by atoms with E-state index >= 15 is 0 Å². The Balaban J connectivity index is 1.98. The van der Waals surface area contributed by atoms with Gasteiger partial charge in [0.2, 0.25) is 0 Å². The first-order valence-corrected chi connectivity index (χ1v) is 12.8. The molecule has 2 nitrogen and oxygen atoms in total. The van der Waals surface area contributed by atoms with E-state index in [0.717, 1.165) is 13.3 Å². The van der Waals surface area contributed by atoms with Crippen LogP contribution >= 0.6 is 0 Å². The second kappa shape index (κ2) is 18.0. The van der Waals surface area contributed by atoms with Crippen molar-refractivity contribution in [2.75, 3.05) is 33.0 Å². The molecule has 0 radical (unpaired) electrons. The van der Waals surface area contributed by atoms with E-state index in [2.05, 4.69) is 13.8 Å². The van der Waals surface area contributed by atoms with Crippen molar-refractivity contribution in [2.24, 2.45) is 0 Å². The first kappa shape index (κ1) is 25.0. The van der Waals surface area contributed by atoms with Gasteiger partial charge in [0.05, 0.1) is 26.2 Å². The zero-order chi connectivity index (χ0) is 19.5. The van der Waals surface area contributed by atoms with E-state index in [1.54, 1.807) is 0 Å². The fraction of sp³-hybridized carbons (Fsp3) is 1.00. The maximum absolute atomic E-state index is 6.16. The van der Waals surface area contributed by atoms with Gasteiger partial charge < -0.3 is 9.22 Å². The molecular weight excluding hydrogens is 330 g/mol. The Morgan fingerprint density at radius 1 is 0.556 bits per heavy atom. The molecule has 1 aliphatic rings. The molecule has 1 aliphatic heterocycles. The normalized spacial score (nSPS) is 16.2. The van der Waals surface area contributed by atoms with Crippen LogP contribution in [-0.2, 0) is 4.74 Å². The van der Waals surface area contributed by atoms with Gasteiger partial charge >= 0.3 is 0 Å². The van der Waals surface area contributed by atoms with E-state index in [1.165, 1.54) is 140 Å². The van der Waals surface area contributed by atoms with Crippen LogP contribution in [-0.4, -0.2) is 37.5 Å². The summed E-state index contributed by atoms with van der Waals surface area (Å²) in [6, 6.07) is 0. The zero-order valence-electron chi connectivity index (χ0n) is 19.1. The summed E-state index contributed by atoms with van der Waals surface area (Å²) in [7, 11) is 0. The average Bonchev–Trinajstić information content (AvgIpc) is 3.14. The lowest BCUT2D eigenvalue weighted by Crippen LogP contribution is -2.47. The number of likely N-dealkylation sites (tertiary alicyclic amines) is 1. The van der Waals surface area contributed by atoms with Gasteiger partial charge in [0, 0.05) is 12.8 Å². The standard InChI is InChI=1S/C25H52NO/c1-3-5-7-9-11-13-15-17-21-26(22-18-19-23-26)25-27-24-20-16-14-12-10-8-6-4-2/h3-25H2,1-2H3/q+1. The van der Waals surface area contributed by atoms with Crippen molar-refractivity contribution < 1.29 is 9.22 Å². The number of hydrogen-bond acceptors (Lipinski definition) is 1. The summed E-state index contributed by atoms with van der Waals surface area (Å²) in [5.41, 5.74) is 0. The van der Waals surface area contributed by atoms with Crippen molar-refractivity contribution in [3.05, 3.63) is 0 Å². The minimum absolute atomic E-state index is 0.992. The summed E-state index contributed by atoms with van der Waals surface area (Å²) in [6.07, 6.45) is 25.4. The van der Waals surface area contributed by atoms with E-state index in [1.807, 2.05) is 0 Å². The molecule has 0 aromatic heterocycles. The summed E-state index contributed by atoms with van der Waals surface area (Å²) < 4.78 is 7.43. The first-order valence-electron chi connectivity index (χ1n) is 12.8. The van der Waals surface area contributed by atoms with Crippen LogP contribution in [0, 0.1) is 0 Å². The highest BCUT2D eigenvalue weighted by atomic mass is 16.5. The van der Waals surface area contributed by atoms with Crippen LogP contribution in [0.15, 0.2) is 0 Å². The second-order valence-electron chi connectivity index (χ2n) is 9.21. The Bertz CT molecular complexity index is 299. The number of quaternary nitrogens is 1. The lowest BCUT2D eigenvalue weighted by atomic mass is 10.1. The summed E-state index contributed by atoms with van der Waals surface area (Å²) in [5.74, 6) is 0. The number of hydrogen-bond donors (Lipinski definition) is 0. The third kappa shape index (κ3) is 13.7. The molecule has 0 amide bonds. The molecule has 1 fully saturated rings. The van der Waals surface area contributed by atoms with E-state index in [-0.39, 0.29) is 0 Å². The molecule has 162 valence electrons. The van der Waals surface area contributed by atoms with Crippen LogP contribution in [0.1, 0.15) is 129 Å². The molecule has 2 heteroatoms. The van der Waals surface area contributed by atoms with Gasteiger partial charge in [-0.15, -0.1) is 0 Å². The van der Waals surface area contributed by atoms with Gasteiger partial charge in [-0.25, -0.2) is 0 Å². The minimum atomic E-state index is 0.992.